The SMILES string of the molecule is COc1c(CNC2CCCCC2N(C)C)cc(C(C)(C)C)cc1C(C)(C)C. The van der Waals surface area contributed by atoms with Gasteiger partial charge in [0.2, 0.25) is 0 Å². The summed E-state index contributed by atoms with van der Waals surface area (Å²) in [4.78, 5) is 2.39. The highest BCUT2D eigenvalue weighted by molar-refractivity contribution is 5.49. The predicted octanol–water partition coefficient (Wildman–Crippen LogP) is 5.25. The Kier molecular flexibility index (Phi) is 7.02. The maximum atomic E-state index is 5.93. The van der Waals surface area contributed by atoms with E-state index in [-0.39, 0.29) is 10.8 Å². The van der Waals surface area contributed by atoms with Gasteiger partial charge in [-0.1, -0.05) is 66.5 Å². The summed E-state index contributed by atoms with van der Waals surface area (Å²) in [5, 5.41) is 3.88. The molecule has 1 aliphatic carbocycles. The minimum Gasteiger partial charge on any atom is -0.496 e. The van der Waals surface area contributed by atoms with Gasteiger partial charge < -0.3 is 15.0 Å². The van der Waals surface area contributed by atoms with Crippen molar-refractivity contribution < 1.29 is 4.74 Å². The van der Waals surface area contributed by atoms with Gasteiger partial charge in [0.25, 0.3) is 0 Å². The van der Waals surface area contributed by atoms with Gasteiger partial charge in [-0.15, -0.1) is 0 Å². The van der Waals surface area contributed by atoms with E-state index in [1.54, 1.807) is 0 Å². The lowest BCUT2D eigenvalue weighted by molar-refractivity contribution is 0.175. The number of ether oxygens (including phenoxy) is 1. The van der Waals surface area contributed by atoms with Gasteiger partial charge in [-0.3, -0.25) is 0 Å². The quantitative estimate of drug-likeness (QED) is 0.761. The van der Waals surface area contributed by atoms with Gasteiger partial charge >= 0.3 is 0 Å². The fraction of sp³-hybridized carbons (Fsp3) is 0.750. The van der Waals surface area contributed by atoms with Crippen molar-refractivity contribution in [2.24, 2.45) is 0 Å². The van der Waals surface area contributed by atoms with E-state index in [9.17, 15) is 0 Å². The normalized spacial score (nSPS) is 21.6. The number of hydrogen-bond donors (Lipinski definition) is 1. The van der Waals surface area contributed by atoms with Gasteiger partial charge in [-0.2, -0.15) is 0 Å². The van der Waals surface area contributed by atoms with Crippen molar-refractivity contribution in [3.8, 4) is 5.75 Å². The number of benzene rings is 1. The molecule has 0 amide bonds. The Hall–Kier alpha value is -1.06. The second-order valence-electron chi connectivity index (χ2n) is 10.5. The van der Waals surface area contributed by atoms with Gasteiger partial charge in [-0.25, -0.2) is 0 Å². The van der Waals surface area contributed by atoms with Crippen LogP contribution in [0.5, 0.6) is 5.75 Å². The average molecular weight is 375 g/mol. The Balaban J connectivity index is 2.36. The Labute approximate surface area is 167 Å². The summed E-state index contributed by atoms with van der Waals surface area (Å²) in [6, 6.07) is 5.88. The van der Waals surface area contributed by atoms with Crippen LogP contribution in [0.4, 0.5) is 0 Å². The highest BCUT2D eigenvalue weighted by Gasteiger charge is 2.28. The molecule has 1 aromatic carbocycles. The lowest BCUT2D eigenvalue weighted by Gasteiger charge is -2.37. The highest BCUT2D eigenvalue weighted by atomic mass is 16.5. The third-order valence-corrected chi connectivity index (χ3v) is 5.99. The van der Waals surface area contributed by atoms with Crippen molar-refractivity contribution in [2.45, 2.75) is 96.7 Å². The topological polar surface area (TPSA) is 24.5 Å². The van der Waals surface area contributed by atoms with Crippen LogP contribution in [0, 0.1) is 0 Å². The second-order valence-corrected chi connectivity index (χ2v) is 10.5. The van der Waals surface area contributed by atoms with Gasteiger partial charge in [0.15, 0.2) is 0 Å². The third-order valence-electron chi connectivity index (χ3n) is 5.99. The number of likely N-dealkylation sites (N-methyl/N-ethyl adjacent to an activating group) is 1. The van der Waals surface area contributed by atoms with E-state index in [1.165, 1.54) is 42.4 Å². The molecule has 27 heavy (non-hydrogen) atoms. The van der Waals surface area contributed by atoms with E-state index in [4.69, 9.17) is 4.74 Å². The summed E-state index contributed by atoms with van der Waals surface area (Å²) in [7, 11) is 6.24. The monoisotopic (exact) mass is 374 g/mol. The van der Waals surface area contributed by atoms with Crippen molar-refractivity contribution in [2.75, 3.05) is 21.2 Å². The summed E-state index contributed by atoms with van der Waals surface area (Å²) in [5.74, 6) is 1.06. The molecule has 154 valence electrons. The zero-order chi connectivity index (χ0) is 20.4. The highest BCUT2D eigenvalue weighted by Crippen LogP contribution is 2.38. The molecule has 3 heteroatoms. The second kappa shape index (κ2) is 8.53. The first-order valence-electron chi connectivity index (χ1n) is 10.6. The number of methoxy groups -OCH3 is 1. The Morgan fingerprint density at radius 1 is 1.00 bits per heavy atom. The van der Waals surface area contributed by atoms with Crippen LogP contribution >= 0.6 is 0 Å². The molecule has 0 bridgehead atoms. The first-order valence-corrected chi connectivity index (χ1v) is 10.6. The van der Waals surface area contributed by atoms with Crippen LogP contribution in [0.25, 0.3) is 0 Å². The first kappa shape index (κ1) is 22.2. The number of hydrogen-bond acceptors (Lipinski definition) is 3. The summed E-state index contributed by atoms with van der Waals surface area (Å²) in [6.45, 7) is 14.6. The van der Waals surface area contributed by atoms with E-state index in [0.29, 0.717) is 12.1 Å². The molecule has 2 rings (SSSR count). The molecule has 0 saturated heterocycles. The predicted molar refractivity (Wildman–Crippen MR) is 117 cm³/mol. The maximum absolute atomic E-state index is 5.93. The smallest absolute Gasteiger partial charge is 0.127 e. The van der Waals surface area contributed by atoms with E-state index < -0.39 is 0 Å². The molecule has 1 aliphatic rings. The zero-order valence-electron chi connectivity index (χ0n) is 19.2. The van der Waals surface area contributed by atoms with Gasteiger partial charge in [0, 0.05) is 29.8 Å². The lowest BCUT2D eigenvalue weighted by atomic mass is 9.78. The van der Waals surface area contributed by atoms with Crippen LogP contribution in [0.15, 0.2) is 12.1 Å². The van der Waals surface area contributed by atoms with Crippen molar-refractivity contribution in [1.29, 1.82) is 0 Å². The molecule has 1 N–H and O–H groups in total. The molecule has 2 unspecified atom stereocenters. The molecule has 0 aliphatic heterocycles. The molecule has 1 saturated carbocycles. The van der Waals surface area contributed by atoms with Crippen LogP contribution < -0.4 is 10.1 Å². The van der Waals surface area contributed by atoms with Gasteiger partial charge in [-0.05, 0) is 43.3 Å². The van der Waals surface area contributed by atoms with Crippen LogP contribution in [-0.4, -0.2) is 38.2 Å². The minimum atomic E-state index is 0.0539. The Morgan fingerprint density at radius 2 is 1.63 bits per heavy atom. The molecule has 3 nitrogen and oxygen atoms in total. The van der Waals surface area contributed by atoms with E-state index in [2.05, 4.69) is 78.0 Å². The van der Waals surface area contributed by atoms with Crippen LogP contribution in [0.2, 0.25) is 0 Å². The van der Waals surface area contributed by atoms with E-state index >= 15 is 0 Å². The van der Waals surface area contributed by atoms with Crippen LogP contribution in [0.3, 0.4) is 0 Å². The Morgan fingerprint density at radius 3 is 2.15 bits per heavy atom. The van der Waals surface area contributed by atoms with E-state index in [1.807, 2.05) is 7.11 Å². The van der Waals surface area contributed by atoms with Crippen molar-refractivity contribution >= 4 is 0 Å². The summed E-state index contributed by atoms with van der Waals surface area (Å²) < 4.78 is 5.93. The van der Waals surface area contributed by atoms with Crippen molar-refractivity contribution in [3.05, 3.63) is 28.8 Å². The molecular formula is C24H42N2O. The maximum Gasteiger partial charge on any atom is 0.127 e. The molecule has 1 aromatic rings. The summed E-state index contributed by atoms with van der Waals surface area (Å²) in [5.41, 5.74) is 4.16. The average Bonchev–Trinajstić information content (AvgIpc) is 2.57. The molecule has 2 atom stereocenters. The lowest BCUT2D eigenvalue weighted by Crippen LogP contribution is -2.48. The summed E-state index contributed by atoms with van der Waals surface area (Å²) >= 11 is 0. The molecular weight excluding hydrogens is 332 g/mol. The fourth-order valence-electron chi connectivity index (χ4n) is 4.26. The molecule has 1 fully saturated rings. The minimum absolute atomic E-state index is 0.0539. The number of nitrogens with zero attached hydrogens (tertiary/aromatic N) is 1. The zero-order valence-corrected chi connectivity index (χ0v) is 19.2. The van der Waals surface area contributed by atoms with Gasteiger partial charge in [0.05, 0.1) is 7.11 Å². The van der Waals surface area contributed by atoms with Gasteiger partial charge in [0.1, 0.15) is 5.75 Å². The number of rotatable bonds is 5. The fourth-order valence-corrected chi connectivity index (χ4v) is 4.26. The Bertz CT molecular complexity index is 622. The van der Waals surface area contributed by atoms with Crippen molar-refractivity contribution in [1.82, 2.24) is 10.2 Å². The molecule has 0 spiro atoms. The van der Waals surface area contributed by atoms with Crippen LogP contribution in [-0.2, 0) is 17.4 Å². The number of nitrogens with one attached hydrogen (secondary N) is 1. The summed E-state index contributed by atoms with van der Waals surface area (Å²) in [6.07, 6.45) is 5.22. The molecule has 0 aromatic heterocycles. The van der Waals surface area contributed by atoms with E-state index in [0.717, 1.165) is 12.3 Å². The standard InChI is InChI=1S/C24H42N2O/c1-23(2,3)18-14-17(22(27-9)19(15-18)24(4,5)6)16-25-20-12-10-11-13-21(20)26(7)8/h14-15,20-21,25H,10-13,16H2,1-9H3. The third kappa shape index (κ3) is 5.48. The van der Waals surface area contributed by atoms with Crippen LogP contribution in [0.1, 0.15) is 83.9 Å². The largest absolute Gasteiger partial charge is 0.496 e. The molecule has 0 heterocycles. The van der Waals surface area contributed by atoms with Crippen molar-refractivity contribution in [3.63, 3.8) is 0 Å². The first-order chi connectivity index (χ1) is 12.4. The molecule has 0 radical (unpaired) electrons.